The quantitative estimate of drug-likeness (QED) is 0.889. The molecule has 120 valence electrons. The number of hydrogen-bond acceptors (Lipinski definition) is 4. The highest BCUT2D eigenvalue weighted by Gasteiger charge is 2.25. The summed E-state index contributed by atoms with van der Waals surface area (Å²) < 4.78 is 0. The number of piperazine rings is 2. The van der Waals surface area contributed by atoms with Crippen LogP contribution in [0.2, 0.25) is 0 Å². The van der Waals surface area contributed by atoms with Crippen LogP contribution in [0.15, 0.2) is 30.3 Å². The third-order valence-electron chi connectivity index (χ3n) is 4.65. The molecule has 0 spiro atoms. The standard InChI is InChI=1S/C17H26N4O/c1-19-9-11-20(12-10-19)17(22)13-15-14-21(8-7-18-15)16-5-3-2-4-6-16/h2-6,15,18H,7-14H2,1H3. The lowest BCUT2D eigenvalue weighted by Crippen LogP contribution is -2.54. The van der Waals surface area contributed by atoms with Crippen LogP contribution in [0.5, 0.6) is 0 Å². The summed E-state index contributed by atoms with van der Waals surface area (Å²) >= 11 is 0. The number of amides is 1. The number of hydrogen-bond donors (Lipinski definition) is 1. The fourth-order valence-corrected chi connectivity index (χ4v) is 3.23. The average molecular weight is 302 g/mol. The van der Waals surface area contributed by atoms with Gasteiger partial charge in [-0.15, -0.1) is 0 Å². The fourth-order valence-electron chi connectivity index (χ4n) is 3.23. The topological polar surface area (TPSA) is 38.8 Å². The number of likely N-dealkylation sites (N-methyl/N-ethyl adjacent to an activating group) is 1. The van der Waals surface area contributed by atoms with Gasteiger partial charge < -0.3 is 20.0 Å². The molecule has 3 rings (SSSR count). The number of carbonyl (C=O) groups excluding carboxylic acids is 1. The van der Waals surface area contributed by atoms with E-state index in [1.54, 1.807) is 0 Å². The SMILES string of the molecule is CN1CCN(C(=O)CC2CN(c3ccccc3)CCN2)CC1. The molecule has 2 fully saturated rings. The van der Waals surface area contributed by atoms with Crippen molar-refractivity contribution in [2.75, 3.05) is 57.8 Å². The number of benzene rings is 1. The van der Waals surface area contributed by atoms with Gasteiger partial charge in [-0.25, -0.2) is 0 Å². The molecule has 1 unspecified atom stereocenters. The van der Waals surface area contributed by atoms with E-state index in [0.717, 1.165) is 45.8 Å². The monoisotopic (exact) mass is 302 g/mol. The Hall–Kier alpha value is -1.59. The Morgan fingerprint density at radius 1 is 1.14 bits per heavy atom. The number of nitrogens with one attached hydrogen (secondary N) is 1. The first-order chi connectivity index (χ1) is 10.7. The summed E-state index contributed by atoms with van der Waals surface area (Å²) in [5, 5.41) is 3.50. The zero-order valence-electron chi connectivity index (χ0n) is 13.4. The van der Waals surface area contributed by atoms with Crippen LogP contribution < -0.4 is 10.2 Å². The average Bonchev–Trinajstić information content (AvgIpc) is 2.56. The van der Waals surface area contributed by atoms with Crippen LogP contribution in [0.4, 0.5) is 5.69 Å². The van der Waals surface area contributed by atoms with Crippen molar-refractivity contribution in [1.82, 2.24) is 15.1 Å². The normalized spacial score (nSPS) is 23.6. The lowest BCUT2D eigenvalue weighted by atomic mass is 10.1. The van der Waals surface area contributed by atoms with Crippen molar-refractivity contribution >= 4 is 11.6 Å². The molecule has 2 saturated heterocycles. The first-order valence-corrected chi connectivity index (χ1v) is 8.22. The van der Waals surface area contributed by atoms with Gasteiger partial charge in [0.15, 0.2) is 0 Å². The molecule has 1 N–H and O–H groups in total. The van der Waals surface area contributed by atoms with Gasteiger partial charge in [-0.05, 0) is 19.2 Å². The summed E-state index contributed by atoms with van der Waals surface area (Å²) in [7, 11) is 2.11. The molecule has 1 aromatic rings. The summed E-state index contributed by atoms with van der Waals surface area (Å²) in [6.07, 6.45) is 0.604. The van der Waals surface area contributed by atoms with Crippen molar-refractivity contribution < 1.29 is 4.79 Å². The van der Waals surface area contributed by atoms with Gasteiger partial charge in [0.25, 0.3) is 0 Å². The third kappa shape index (κ3) is 3.78. The molecule has 2 heterocycles. The second-order valence-corrected chi connectivity index (χ2v) is 6.32. The number of anilines is 1. The number of carbonyl (C=O) groups is 1. The van der Waals surface area contributed by atoms with Gasteiger partial charge in [-0.3, -0.25) is 4.79 Å². The maximum atomic E-state index is 12.5. The van der Waals surface area contributed by atoms with Gasteiger partial charge >= 0.3 is 0 Å². The Morgan fingerprint density at radius 2 is 1.86 bits per heavy atom. The Balaban J connectivity index is 1.53. The van der Waals surface area contributed by atoms with E-state index in [-0.39, 0.29) is 6.04 Å². The van der Waals surface area contributed by atoms with Crippen molar-refractivity contribution in [3.05, 3.63) is 30.3 Å². The maximum Gasteiger partial charge on any atom is 0.224 e. The second kappa shape index (κ2) is 7.11. The molecule has 1 atom stereocenters. The van der Waals surface area contributed by atoms with E-state index in [4.69, 9.17) is 0 Å². The van der Waals surface area contributed by atoms with E-state index in [1.165, 1.54) is 5.69 Å². The minimum Gasteiger partial charge on any atom is -0.369 e. The lowest BCUT2D eigenvalue weighted by molar-refractivity contribution is -0.133. The smallest absolute Gasteiger partial charge is 0.224 e. The molecule has 0 radical (unpaired) electrons. The van der Waals surface area contributed by atoms with Crippen molar-refractivity contribution in [3.8, 4) is 0 Å². The van der Waals surface area contributed by atoms with Gasteiger partial charge in [0.05, 0.1) is 0 Å². The highest BCUT2D eigenvalue weighted by Crippen LogP contribution is 2.16. The molecule has 0 saturated carbocycles. The maximum absolute atomic E-state index is 12.5. The van der Waals surface area contributed by atoms with Gasteiger partial charge in [0.2, 0.25) is 5.91 Å². The lowest BCUT2D eigenvalue weighted by Gasteiger charge is -2.37. The number of nitrogens with zero attached hydrogens (tertiary/aromatic N) is 3. The Labute approximate surface area is 132 Å². The van der Waals surface area contributed by atoms with E-state index in [2.05, 4.69) is 46.4 Å². The van der Waals surface area contributed by atoms with Crippen LogP contribution in [0, 0.1) is 0 Å². The van der Waals surface area contributed by atoms with Crippen molar-refractivity contribution in [3.63, 3.8) is 0 Å². The first kappa shape index (κ1) is 15.3. The van der Waals surface area contributed by atoms with Crippen LogP contribution >= 0.6 is 0 Å². The van der Waals surface area contributed by atoms with Gasteiger partial charge in [-0.2, -0.15) is 0 Å². The van der Waals surface area contributed by atoms with E-state index in [0.29, 0.717) is 12.3 Å². The highest BCUT2D eigenvalue weighted by molar-refractivity contribution is 5.77. The summed E-state index contributed by atoms with van der Waals surface area (Å²) in [5.41, 5.74) is 1.25. The molecular weight excluding hydrogens is 276 g/mol. The molecule has 0 aliphatic carbocycles. The van der Waals surface area contributed by atoms with Crippen LogP contribution in [-0.4, -0.2) is 74.6 Å². The zero-order chi connectivity index (χ0) is 15.4. The number of para-hydroxylation sites is 1. The zero-order valence-corrected chi connectivity index (χ0v) is 13.4. The van der Waals surface area contributed by atoms with Crippen molar-refractivity contribution in [2.24, 2.45) is 0 Å². The predicted molar refractivity (Wildman–Crippen MR) is 89.1 cm³/mol. The molecule has 2 aliphatic rings. The van der Waals surface area contributed by atoms with E-state index >= 15 is 0 Å². The molecule has 5 heteroatoms. The summed E-state index contributed by atoms with van der Waals surface area (Å²) in [5.74, 6) is 0.292. The van der Waals surface area contributed by atoms with E-state index < -0.39 is 0 Å². The molecule has 5 nitrogen and oxygen atoms in total. The Morgan fingerprint density at radius 3 is 2.59 bits per heavy atom. The summed E-state index contributed by atoms with van der Waals surface area (Å²) in [6, 6.07) is 10.7. The largest absolute Gasteiger partial charge is 0.369 e. The summed E-state index contributed by atoms with van der Waals surface area (Å²) in [6.45, 7) is 6.55. The molecular formula is C17H26N4O. The third-order valence-corrected chi connectivity index (χ3v) is 4.65. The van der Waals surface area contributed by atoms with Gasteiger partial charge in [0, 0.05) is 64.0 Å². The molecule has 2 aliphatic heterocycles. The highest BCUT2D eigenvalue weighted by atomic mass is 16.2. The van der Waals surface area contributed by atoms with Crippen LogP contribution in [0.1, 0.15) is 6.42 Å². The minimum atomic E-state index is 0.251. The molecule has 1 amide bonds. The van der Waals surface area contributed by atoms with Crippen molar-refractivity contribution in [2.45, 2.75) is 12.5 Å². The Kier molecular flexibility index (Phi) is 4.95. The van der Waals surface area contributed by atoms with Gasteiger partial charge in [0.1, 0.15) is 0 Å². The minimum absolute atomic E-state index is 0.251. The molecule has 22 heavy (non-hydrogen) atoms. The van der Waals surface area contributed by atoms with Crippen LogP contribution in [0.25, 0.3) is 0 Å². The van der Waals surface area contributed by atoms with Crippen molar-refractivity contribution in [1.29, 1.82) is 0 Å². The number of rotatable bonds is 3. The van der Waals surface area contributed by atoms with Crippen LogP contribution in [-0.2, 0) is 4.79 Å². The van der Waals surface area contributed by atoms with E-state index in [1.807, 2.05) is 11.0 Å². The first-order valence-electron chi connectivity index (χ1n) is 8.22. The Bertz CT molecular complexity index is 485. The fraction of sp³-hybridized carbons (Fsp3) is 0.588. The second-order valence-electron chi connectivity index (χ2n) is 6.32. The molecule has 1 aromatic carbocycles. The van der Waals surface area contributed by atoms with Crippen LogP contribution in [0.3, 0.4) is 0 Å². The van der Waals surface area contributed by atoms with E-state index in [9.17, 15) is 4.79 Å². The molecule has 0 bridgehead atoms. The predicted octanol–water partition coefficient (Wildman–Crippen LogP) is 0.629. The van der Waals surface area contributed by atoms with Gasteiger partial charge in [-0.1, -0.05) is 18.2 Å². The summed E-state index contributed by atoms with van der Waals surface area (Å²) in [4.78, 5) is 19.1. The molecule has 0 aromatic heterocycles.